The number of hydrogen-bond donors (Lipinski definition) is 0. The van der Waals surface area contributed by atoms with Crippen LogP contribution in [0.15, 0.2) is 66.1 Å². The van der Waals surface area contributed by atoms with Crippen LogP contribution >= 0.6 is 0 Å². The van der Waals surface area contributed by atoms with Gasteiger partial charge in [-0.1, -0.05) is 42.5 Å². The van der Waals surface area contributed by atoms with Gasteiger partial charge in [-0.3, -0.25) is 4.89 Å². The van der Waals surface area contributed by atoms with Crippen LogP contribution in [0, 0.1) is 0 Å². The SMILES string of the molecule is C1=C/C=C/C=N\OO/C=C/C=C/C=C1. The molecular formula is C11H11NO2. The summed E-state index contributed by atoms with van der Waals surface area (Å²) in [5.74, 6) is 0. The summed E-state index contributed by atoms with van der Waals surface area (Å²) in [6.45, 7) is 0. The lowest BCUT2D eigenvalue weighted by Gasteiger charge is -1.89. The molecule has 72 valence electrons. The van der Waals surface area contributed by atoms with E-state index >= 15 is 0 Å². The molecule has 3 nitrogen and oxygen atoms in total. The molecule has 0 aromatic carbocycles. The Kier molecular flexibility index (Phi) is 5.47. The Hall–Kier alpha value is -2.03. The largest absolute Gasteiger partial charge is 0.276 e. The summed E-state index contributed by atoms with van der Waals surface area (Å²) in [5.41, 5.74) is 0. The van der Waals surface area contributed by atoms with Crippen LogP contribution in [0.2, 0.25) is 0 Å². The Morgan fingerprint density at radius 1 is 0.643 bits per heavy atom. The van der Waals surface area contributed by atoms with Crippen LogP contribution in [0.4, 0.5) is 0 Å². The third-order valence-corrected chi connectivity index (χ3v) is 1.26. The van der Waals surface area contributed by atoms with E-state index in [4.69, 9.17) is 0 Å². The summed E-state index contributed by atoms with van der Waals surface area (Å²) >= 11 is 0. The fourth-order valence-electron chi connectivity index (χ4n) is 0.686. The van der Waals surface area contributed by atoms with E-state index in [1.165, 1.54) is 12.5 Å². The van der Waals surface area contributed by atoms with Crippen LogP contribution in [0.3, 0.4) is 0 Å². The van der Waals surface area contributed by atoms with E-state index < -0.39 is 0 Å². The molecule has 1 rings (SSSR count). The first-order valence-corrected chi connectivity index (χ1v) is 4.18. The molecule has 0 fully saturated rings. The Morgan fingerprint density at radius 3 is 1.93 bits per heavy atom. The van der Waals surface area contributed by atoms with E-state index in [2.05, 4.69) is 15.0 Å². The molecule has 1 heterocycles. The minimum atomic E-state index is 1.40. The van der Waals surface area contributed by atoms with Gasteiger partial charge in [-0.25, -0.2) is 0 Å². The van der Waals surface area contributed by atoms with Crippen molar-refractivity contribution in [2.45, 2.75) is 0 Å². The van der Waals surface area contributed by atoms with Crippen LogP contribution in [0.25, 0.3) is 0 Å². The highest BCUT2D eigenvalue weighted by Crippen LogP contribution is 1.87. The van der Waals surface area contributed by atoms with Gasteiger partial charge in [0.1, 0.15) is 6.26 Å². The fraction of sp³-hybridized carbons (Fsp3) is 0. The van der Waals surface area contributed by atoms with E-state index in [1.54, 1.807) is 12.2 Å². The van der Waals surface area contributed by atoms with Crippen LogP contribution < -0.4 is 0 Å². The lowest BCUT2D eigenvalue weighted by Crippen LogP contribution is -1.77. The maximum atomic E-state index is 4.57. The fourth-order valence-corrected chi connectivity index (χ4v) is 0.686. The van der Waals surface area contributed by atoms with Gasteiger partial charge in [0.15, 0.2) is 0 Å². The minimum Gasteiger partial charge on any atom is -0.276 e. The predicted molar refractivity (Wildman–Crippen MR) is 56.4 cm³/mol. The van der Waals surface area contributed by atoms with Crippen molar-refractivity contribution in [1.29, 1.82) is 0 Å². The third-order valence-electron chi connectivity index (χ3n) is 1.26. The molecule has 0 radical (unpaired) electrons. The summed E-state index contributed by atoms with van der Waals surface area (Å²) in [5, 5.41) is 3.50. The highest BCUT2D eigenvalue weighted by atomic mass is 17.3. The zero-order chi connectivity index (χ0) is 9.90. The molecule has 0 bridgehead atoms. The second-order valence-electron chi connectivity index (χ2n) is 2.29. The summed E-state index contributed by atoms with van der Waals surface area (Å²) in [6.07, 6.45) is 19.5. The third kappa shape index (κ3) is 5.60. The van der Waals surface area contributed by atoms with E-state index in [0.29, 0.717) is 0 Å². The van der Waals surface area contributed by atoms with Gasteiger partial charge in [0.2, 0.25) is 0 Å². The first-order valence-electron chi connectivity index (χ1n) is 4.18. The summed E-state index contributed by atoms with van der Waals surface area (Å²) in [6, 6.07) is 0. The molecule has 0 amide bonds. The molecule has 1 aliphatic rings. The zero-order valence-electron chi connectivity index (χ0n) is 7.61. The summed E-state index contributed by atoms with van der Waals surface area (Å²) in [4.78, 5) is 9.01. The van der Waals surface area contributed by atoms with Crippen molar-refractivity contribution in [3.8, 4) is 0 Å². The molecule has 3 heteroatoms. The molecule has 0 N–H and O–H groups in total. The first kappa shape index (κ1) is 10.1. The van der Waals surface area contributed by atoms with Crippen LogP contribution in [-0.2, 0) is 9.88 Å². The maximum absolute atomic E-state index is 4.57. The predicted octanol–water partition coefficient (Wildman–Crippen LogP) is 2.67. The Labute approximate surface area is 82.9 Å². The molecule has 0 unspecified atom stereocenters. The van der Waals surface area contributed by atoms with Gasteiger partial charge in [-0.15, -0.1) is 0 Å². The van der Waals surface area contributed by atoms with E-state index in [-0.39, 0.29) is 0 Å². The Morgan fingerprint density at radius 2 is 1.21 bits per heavy atom. The molecule has 0 atom stereocenters. The standard InChI is InChI=1S/C11H11NO2/c1-2-4-6-8-10-12-14-13-11-9-7-5-3-1/h1-11H/b3-1?,4-2?,7-5+,8-6+,11-9+,12-10-. The molecule has 0 saturated carbocycles. The van der Waals surface area contributed by atoms with Crippen molar-refractivity contribution in [3.63, 3.8) is 0 Å². The number of rotatable bonds is 0. The molecule has 1 aliphatic heterocycles. The van der Waals surface area contributed by atoms with Crippen molar-refractivity contribution < 1.29 is 9.88 Å². The van der Waals surface area contributed by atoms with Gasteiger partial charge in [-0.2, -0.15) is 4.99 Å². The van der Waals surface area contributed by atoms with Gasteiger partial charge in [0.25, 0.3) is 0 Å². The second kappa shape index (κ2) is 7.61. The Balaban J connectivity index is 2.56. The van der Waals surface area contributed by atoms with Gasteiger partial charge < -0.3 is 0 Å². The molecular weight excluding hydrogens is 178 g/mol. The highest BCUT2D eigenvalue weighted by molar-refractivity contribution is 5.70. The average Bonchev–Trinajstić information content (AvgIpc) is 2.22. The average molecular weight is 189 g/mol. The molecule has 0 spiro atoms. The van der Waals surface area contributed by atoms with Crippen molar-refractivity contribution in [3.05, 3.63) is 60.9 Å². The second-order valence-corrected chi connectivity index (χ2v) is 2.29. The molecule has 0 aromatic rings. The first-order chi connectivity index (χ1) is 7.00. The maximum Gasteiger partial charge on any atom is 0.145 e. The van der Waals surface area contributed by atoms with E-state index in [9.17, 15) is 0 Å². The zero-order valence-corrected chi connectivity index (χ0v) is 7.61. The van der Waals surface area contributed by atoms with E-state index in [0.717, 1.165) is 0 Å². The van der Waals surface area contributed by atoms with Crippen molar-refractivity contribution >= 4 is 6.21 Å². The number of allylic oxidation sites excluding steroid dienone is 9. The number of oxime groups is 1. The van der Waals surface area contributed by atoms with Crippen LogP contribution in [0.5, 0.6) is 0 Å². The lowest BCUT2D eigenvalue weighted by atomic mass is 10.4. The minimum absolute atomic E-state index is 1.40. The van der Waals surface area contributed by atoms with Gasteiger partial charge >= 0.3 is 0 Å². The quantitative estimate of drug-likeness (QED) is 0.548. The van der Waals surface area contributed by atoms with Gasteiger partial charge in [-0.05, 0) is 17.3 Å². The highest BCUT2D eigenvalue weighted by Gasteiger charge is 1.72. The monoisotopic (exact) mass is 189 g/mol. The van der Waals surface area contributed by atoms with E-state index in [1.807, 2.05) is 42.5 Å². The number of nitrogens with zero attached hydrogens (tertiary/aromatic N) is 1. The van der Waals surface area contributed by atoms with Gasteiger partial charge in [0.05, 0.1) is 6.21 Å². The normalized spacial score (nSPS) is 25.1. The van der Waals surface area contributed by atoms with Crippen LogP contribution in [0.1, 0.15) is 0 Å². The van der Waals surface area contributed by atoms with Crippen LogP contribution in [-0.4, -0.2) is 6.21 Å². The van der Waals surface area contributed by atoms with Crippen molar-refractivity contribution in [2.75, 3.05) is 0 Å². The number of hydrogen-bond acceptors (Lipinski definition) is 3. The smallest absolute Gasteiger partial charge is 0.145 e. The molecule has 0 saturated heterocycles. The Bertz CT molecular complexity index is 277. The molecule has 0 aliphatic carbocycles. The summed E-state index contributed by atoms with van der Waals surface area (Å²) < 4.78 is 0. The van der Waals surface area contributed by atoms with Crippen molar-refractivity contribution in [2.24, 2.45) is 5.16 Å². The van der Waals surface area contributed by atoms with Gasteiger partial charge in [0, 0.05) is 0 Å². The van der Waals surface area contributed by atoms with Crippen molar-refractivity contribution in [1.82, 2.24) is 0 Å². The summed E-state index contributed by atoms with van der Waals surface area (Å²) in [7, 11) is 0. The molecule has 0 aromatic heterocycles. The molecule has 14 heavy (non-hydrogen) atoms. The lowest BCUT2D eigenvalue weighted by molar-refractivity contribution is -0.248. The topological polar surface area (TPSA) is 30.8 Å².